The van der Waals surface area contributed by atoms with Gasteiger partial charge in [0.1, 0.15) is 40.7 Å². The van der Waals surface area contributed by atoms with E-state index in [2.05, 4.69) is 15.6 Å². The van der Waals surface area contributed by atoms with Crippen LogP contribution in [0.4, 0.5) is 19.3 Å². The summed E-state index contributed by atoms with van der Waals surface area (Å²) in [5, 5.41) is 14.2. The molecule has 14 heteroatoms. The van der Waals surface area contributed by atoms with Gasteiger partial charge >= 0.3 is 6.09 Å². The number of halogens is 2. The van der Waals surface area contributed by atoms with Gasteiger partial charge in [-0.05, 0) is 55.3 Å². The summed E-state index contributed by atoms with van der Waals surface area (Å²) in [6, 6.07) is 10.1. The van der Waals surface area contributed by atoms with E-state index in [1.165, 1.54) is 40.3 Å². The molecule has 2 aromatic heterocycles. The monoisotopic (exact) mass is 597 g/mol. The highest BCUT2D eigenvalue weighted by Gasteiger charge is 2.21. The number of allylic oxidation sites excluding steroid dienone is 1. The molecule has 2 heterocycles. The Morgan fingerprint density at radius 1 is 1.17 bits per heavy atom. The molecule has 1 unspecified atom stereocenters. The second-order valence-electron chi connectivity index (χ2n) is 8.96. The Balaban J connectivity index is 1.48. The van der Waals surface area contributed by atoms with Crippen molar-refractivity contribution in [2.45, 2.75) is 32.0 Å². The SMILES string of the molecule is NC(=O)/C=C/CCC(NC(=O)O)C(=O)Nc1cccn(Cc2nc3cccc(OCc4ccc(F)cc4F)c3s2)c1=O. The molecule has 0 spiro atoms. The van der Waals surface area contributed by atoms with E-state index in [9.17, 15) is 28.0 Å². The number of nitrogens with zero attached hydrogens (tertiary/aromatic N) is 2. The number of pyridine rings is 1. The first kappa shape index (κ1) is 29.9. The average molecular weight is 598 g/mol. The third-order valence-electron chi connectivity index (χ3n) is 5.92. The molecule has 0 saturated carbocycles. The van der Waals surface area contributed by atoms with Crippen LogP contribution < -0.4 is 26.7 Å². The topological polar surface area (TPSA) is 166 Å². The lowest BCUT2D eigenvalue weighted by molar-refractivity contribution is -0.118. The summed E-state index contributed by atoms with van der Waals surface area (Å²) >= 11 is 1.26. The molecule has 0 aliphatic heterocycles. The second-order valence-corrected chi connectivity index (χ2v) is 10.0. The zero-order valence-corrected chi connectivity index (χ0v) is 22.7. The van der Waals surface area contributed by atoms with Gasteiger partial charge in [0.2, 0.25) is 11.8 Å². The van der Waals surface area contributed by atoms with Crippen molar-refractivity contribution in [3.05, 3.63) is 99.4 Å². The van der Waals surface area contributed by atoms with Crippen LogP contribution in [0.3, 0.4) is 0 Å². The normalized spacial score (nSPS) is 11.9. The Bertz CT molecular complexity index is 1720. The molecule has 5 N–H and O–H groups in total. The number of ether oxygens (including phenoxy) is 1. The molecule has 4 rings (SSSR count). The first-order chi connectivity index (χ1) is 20.1. The molecular weight excluding hydrogens is 572 g/mol. The number of rotatable bonds is 12. The van der Waals surface area contributed by atoms with Crippen LogP contribution in [0.1, 0.15) is 23.4 Å². The summed E-state index contributed by atoms with van der Waals surface area (Å²) in [5.41, 5.74) is 5.19. The number of fused-ring (bicyclic) bond motifs is 1. The van der Waals surface area contributed by atoms with Crippen LogP contribution in [0.2, 0.25) is 0 Å². The van der Waals surface area contributed by atoms with Gasteiger partial charge in [-0.3, -0.25) is 14.4 Å². The molecule has 11 nitrogen and oxygen atoms in total. The van der Waals surface area contributed by atoms with Crippen molar-refractivity contribution in [1.29, 1.82) is 0 Å². The Morgan fingerprint density at radius 3 is 2.71 bits per heavy atom. The van der Waals surface area contributed by atoms with Gasteiger partial charge in [0, 0.05) is 17.8 Å². The van der Waals surface area contributed by atoms with Crippen LogP contribution in [0, 0.1) is 11.6 Å². The molecule has 2 aromatic carbocycles. The van der Waals surface area contributed by atoms with Gasteiger partial charge in [0.05, 0.1) is 16.8 Å². The van der Waals surface area contributed by atoms with E-state index >= 15 is 0 Å². The number of primary amides is 1. The van der Waals surface area contributed by atoms with Crippen LogP contribution in [0.25, 0.3) is 10.2 Å². The Kier molecular flexibility index (Phi) is 9.60. The number of benzene rings is 2. The van der Waals surface area contributed by atoms with E-state index in [0.29, 0.717) is 21.0 Å². The minimum atomic E-state index is -1.43. The molecule has 0 fully saturated rings. The number of hydrogen-bond acceptors (Lipinski definition) is 7. The Labute approximate surface area is 241 Å². The van der Waals surface area contributed by atoms with Crippen molar-refractivity contribution in [3.63, 3.8) is 0 Å². The van der Waals surface area contributed by atoms with E-state index in [4.69, 9.17) is 15.6 Å². The maximum atomic E-state index is 14.0. The number of nitrogens with one attached hydrogen (secondary N) is 2. The zero-order valence-electron chi connectivity index (χ0n) is 21.9. The van der Waals surface area contributed by atoms with Gasteiger partial charge in [-0.2, -0.15) is 0 Å². The number of carboxylic acid groups (broad SMARTS) is 1. The summed E-state index contributed by atoms with van der Waals surface area (Å²) < 4.78 is 35.0. The molecule has 3 amide bonds. The highest BCUT2D eigenvalue weighted by Crippen LogP contribution is 2.32. The Morgan fingerprint density at radius 2 is 1.98 bits per heavy atom. The molecule has 0 bridgehead atoms. The number of aromatic nitrogens is 2. The van der Waals surface area contributed by atoms with Crippen LogP contribution >= 0.6 is 11.3 Å². The van der Waals surface area contributed by atoms with Gasteiger partial charge < -0.3 is 30.8 Å². The first-order valence-electron chi connectivity index (χ1n) is 12.5. The number of carbonyl (C=O) groups excluding carboxylic acids is 2. The average Bonchev–Trinajstić information content (AvgIpc) is 3.35. The van der Waals surface area contributed by atoms with Crippen LogP contribution in [0.5, 0.6) is 5.75 Å². The van der Waals surface area contributed by atoms with E-state index in [-0.39, 0.29) is 37.2 Å². The summed E-state index contributed by atoms with van der Waals surface area (Å²) in [4.78, 5) is 52.5. The minimum Gasteiger partial charge on any atom is -0.487 e. The summed E-state index contributed by atoms with van der Waals surface area (Å²) in [6.45, 7) is -0.0680. The number of nitrogens with two attached hydrogens (primary N) is 1. The van der Waals surface area contributed by atoms with Gasteiger partial charge in [-0.15, -0.1) is 11.3 Å². The fourth-order valence-electron chi connectivity index (χ4n) is 3.95. The number of anilines is 1. The van der Waals surface area contributed by atoms with Crippen molar-refractivity contribution >= 4 is 45.1 Å². The highest BCUT2D eigenvalue weighted by atomic mass is 32.1. The van der Waals surface area contributed by atoms with Gasteiger partial charge in [-0.25, -0.2) is 18.6 Å². The Hall–Kier alpha value is -5.11. The lowest BCUT2D eigenvalue weighted by Gasteiger charge is -2.16. The number of carbonyl (C=O) groups is 3. The lowest BCUT2D eigenvalue weighted by atomic mass is 10.1. The summed E-state index contributed by atoms with van der Waals surface area (Å²) in [6.07, 6.45) is 2.81. The molecule has 0 saturated heterocycles. The lowest BCUT2D eigenvalue weighted by Crippen LogP contribution is -2.44. The van der Waals surface area contributed by atoms with Crippen molar-refractivity contribution in [2.24, 2.45) is 5.73 Å². The summed E-state index contributed by atoms with van der Waals surface area (Å²) in [7, 11) is 0. The maximum Gasteiger partial charge on any atom is 0.405 e. The van der Waals surface area contributed by atoms with Crippen molar-refractivity contribution in [3.8, 4) is 5.75 Å². The van der Waals surface area contributed by atoms with Crippen molar-refractivity contribution in [2.75, 3.05) is 5.32 Å². The number of amides is 3. The third-order valence-corrected chi connectivity index (χ3v) is 6.99. The molecule has 1 atom stereocenters. The maximum absolute atomic E-state index is 14.0. The van der Waals surface area contributed by atoms with E-state index in [1.54, 1.807) is 24.3 Å². The van der Waals surface area contributed by atoms with Crippen LogP contribution in [-0.2, 0) is 22.7 Å². The van der Waals surface area contributed by atoms with Gasteiger partial charge in [-0.1, -0.05) is 12.1 Å². The number of hydrogen-bond donors (Lipinski definition) is 4. The fraction of sp³-hybridized carbons (Fsp3) is 0.179. The predicted octanol–water partition coefficient (Wildman–Crippen LogP) is 3.76. The quantitative estimate of drug-likeness (QED) is 0.181. The smallest absolute Gasteiger partial charge is 0.405 e. The third kappa shape index (κ3) is 7.75. The molecule has 0 aliphatic carbocycles. The highest BCUT2D eigenvalue weighted by molar-refractivity contribution is 7.19. The molecule has 4 aromatic rings. The molecule has 42 heavy (non-hydrogen) atoms. The predicted molar refractivity (Wildman–Crippen MR) is 151 cm³/mol. The molecular formula is C28H25F2N5O6S. The van der Waals surface area contributed by atoms with E-state index in [1.807, 2.05) is 0 Å². The summed E-state index contributed by atoms with van der Waals surface area (Å²) in [5.74, 6) is -2.39. The second kappa shape index (κ2) is 13.5. The van der Waals surface area contributed by atoms with Crippen molar-refractivity contribution in [1.82, 2.24) is 14.9 Å². The van der Waals surface area contributed by atoms with E-state index < -0.39 is 41.1 Å². The van der Waals surface area contributed by atoms with Crippen LogP contribution in [0.15, 0.2) is 71.7 Å². The van der Waals surface area contributed by atoms with Gasteiger partial charge in [0.25, 0.3) is 5.56 Å². The van der Waals surface area contributed by atoms with Gasteiger partial charge in [0.15, 0.2) is 0 Å². The van der Waals surface area contributed by atoms with Crippen molar-refractivity contribution < 1.29 is 33.0 Å². The number of thiazole rings is 1. The minimum absolute atomic E-state index is 0.0207. The largest absolute Gasteiger partial charge is 0.487 e. The molecule has 0 aliphatic rings. The molecule has 218 valence electrons. The van der Waals surface area contributed by atoms with Crippen LogP contribution in [-0.4, -0.2) is 38.6 Å². The zero-order chi connectivity index (χ0) is 30.2. The first-order valence-corrected chi connectivity index (χ1v) is 13.3. The standard InChI is InChI=1S/C28H25F2N5O6S/c29-17-11-10-16(18(30)13-17)15-41-22-8-3-6-19-25(22)42-24(32-19)14-35-12-4-7-21(27(35)38)33-26(37)20(34-28(39)40)5-1-2-9-23(31)36/h2-4,6-13,20,34H,1,5,14-15H2,(H2,31,36)(H,33,37)(H,39,40)/b9-2+. The fourth-order valence-corrected chi connectivity index (χ4v) is 4.98. The van der Waals surface area contributed by atoms with E-state index in [0.717, 1.165) is 18.2 Å². The molecule has 0 radical (unpaired) electrons.